The molecule has 4 aromatic rings. The Kier molecular flexibility index (Phi) is 4.51. The van der Waals surface area contributed by atoms with Crippen LogP contribution < -0.4 is 10.9 Å². The maximum absolute atomic E-state index is 14.5. The highest BCUT2D eigenvalue weighted by Crippen LogP contribution is 2.21. The van der Waals surface area contributed by atoms with E-state index < -0.39 is 22.0 Å². The van der Waals surface area contributed by atoms with Crippen molar-refractivity contribution >= 4 is 17.2 Å². The number of aromatic nitrogens is 4. The Morgan fingerprint density at radius 3 is 2.76 bits per heavy atom. The standard InChI is InChI=1S/C19H15FN6O3/c1-12-21-7-9-24(12)15-6-5-13(10-14(15)20)11-22-18-17(26(28)29)19(27)25-8-3-2-4-16(25)23-18/h2-10,22H,11H2,1H3. The maximum atomic E-state index is 14.5. The molecule has 29 heavy (non-hydrogen) atoms. The monoisotopic (exact) mass is 394 g/mol. The van der Waals surface area contributed by atoms with Crippen LogP contribution >= 0.6 is 0 Å². The number of nitrogens with zero attached hydrogens (tertiary/aromatic N) is 5. The molecule has 10 heteroatoms. The van der Waals surface area contributed by atoms with Crippen LogP contribution in [0.4, 0.5) is 15.9 Å². The van der Waals surface area contributed by atoms with E-state index in [4.69, 9.17) is 0 Å². The number of aryl methyl sites for hydroxylation is 1. The smallest absolute Gasteiger partial charge is 0.360 e. The summed E-state index contributed by atoms with van der Waals surface area (Å²) in [6.07, 6.45) is 4.64. The predicted octanol–water partition coefficient (Wildman–Crippen LogP) is 2.85. The molecule has 146 valence electrons. The van der Waals surface area contributed by atoms with Gasteiger partial charge in [-0.3, -0.25) is 19.3 Å². The molecule has 3 heterocycles. The molecule has 1 N–H and O–H groups in total. The number of benzene rings is 1. The Morgan fingerprint density at radius 2 is 2.07 bits per heavy atom. The van der Waals surface area contributed by atoms with Gasteiger partial charge in [-0.15, -0.1) is 0 Å². The van der Waals surface area contributed by atoms with E-state index in [9.17, 15) is 19.3 Å². The summed E-state index contributed by atoms with van der Waals surface area (Å²) in [5.41, 5.74) is -0.312. The Morgan fingerprint density at radius 1 is 1.24 bits per heavy atom. The van der Waals surface area contributed by atoms with Gasteiger partial charge >= 0.3 is 11.2 Å². The number of anilines is 1. The summed E-state index contributed by atoms with van der Waals surface area (Å²) >= 11 is 0. The molecule has 1 aromatic carbocycles. The van der Waals surface area contributed by atoms with Crippen LogP contribution in [0, 0.1) is 22.9 Å². The minimum atomic E-state index is -0.791. The van der Waals surface area contributed by atoms with E-state index in [0.717, 1.165) is 4.40 Å². The molecule has 0 amide bonds. The normalized spacial score (nSPS) is 11.0. The second-order valence-electron chi connectivity index (χ2n) is 6.28. The second-order valence-corrected chi connectivity index (χ2v) is 6.28. The van der Waals surface area contributed by atoms with Gasteiger partial charge in [0, 0.05) is 25.1 Å². The summed E-state index contributed by atoms with van der Waals surface area (Å²) in [5, 5.41) is 14.2. The zero-order valence-electron chi connectivity index (χ0n) is 15.2. The minimum absolute atomic E-state index is 0.0520. The van der Waals surface area contributed by atoms with Gasteiger partial charge < -0.3 is 9.88 Å². The van der Waals surface area contributed by atoms with Crippen molar-refractivity contribution in [1.29, 1.82) is 0 Å². The van der Waals surface area contributed by atoms with E-state index in [2.05, 4.69) is 15.3 Å². The molecule has 0 spiro atoms. The third-order valence-electron chi connectivity index (χ3n) is 4.45. The van der Waals surface area contributed by atoms with Gasteiger partial charge in [-0.2, -0.15) is 0 Å². The fourth-order valence-electron chi connectivity index (χ4n) is 3.04. The Balaban J connectivity index is 1.66. The molecular weight excluding hydrogens is 379 g/mol. The van der Waals surface area contributed by atoms with Crippen molar-refractivity contribution in [3.05, 3.63) is 92.7 Å². The van der Waals surface area contributed by atoms with Gasteiger partial charge in [0.25, 0.3) is 0 Å². The average Bonchev–Trinajstić information content (AvgIpc) is 3.12. The average molecular weight is 394 g/mol. The molecule has 0 aliphatic rings. The van der Waals surface area contributed by atoms with Crippen molar-refractivity contribution in [2.24, 2.45) is 0 Å². The SMILES string of the molecule is Cc1nccn1-c1ccc(CNc2nc3ccccn3c(=O)c2[N+](=O)[O-])cc1F. The molecule has 0 fully saturated rings. The first-order chi connectivity index (χ1) is 14.0. The fraction of sp³-hybridized carbons (Fsp3) is 0.105. The molecule has 0 saturated heterocycles. The summed E-state index contributed by atoms with van der Waals surface area (Å²) in [4.78, 5) is 31.3. The third-order valence-corrected chi connectivity index (χ3v) is 4.45. The first-order valence-electron chi connectivity index (χ1n) is 8.64. The summed E-state index contributed by atoms with van der Waals surface area (Å²) in [6.45, 7) is 1.81. The number of imidazole rings is 1. The van der Waals surface area contributed by atoms with E-state index in [1.165, 1.54) is 12.3 Å². The topological polar surface area (TPSA) is 107 Å². The molecule has 0 bridgehead atoms. The van der Waals surface area contributed by atoms with Gasteiger partial charge in [0.05, 0.1) is 10.6 Å². The summed E-state index contributed by atoms with van der Waals surface area (Å²) in [7, 11) is 0. The first-order valence-corrected chi connectivity index (χ1v) is 8.64. The van der Waals surface area contributed by atoms with Crippen LogP contribution in [0.5, 0.6) is 0 Å². The number of hydrogen-bond donors (Lipinski definition) is 1. The van der Waals surface area contributed by atoms with Crippen LogP contribution in [0.3, 0.4) is 0 Å². The highest BCUT2D eigenvalue weighted by Gasteiger charge is 2.23. The van der Waals surface area contributed by atoms with Crippen molar-refractivity contribution < 1.29 is 9.31 Å². The summed E-state index contributed by atoms with van der Waals surface area (Å²) in [5.74, 6) is 0.0128. The highest BCUT2D eigenvalue weighted by atomic mass is 19.1. The van der Waals surface area contributed by atoms with Gasteiger partial charge in [0.15, 0.2) is 0 Å². The molecule has 0 atom stereocenters. The number of halogens is 1. The van der Waals surface area contributed by atoms with Crippen molar-refractivity contribution in [2.75, 3.05) is 5.32 Å². The molecule has 0 saturated carbocycles. The molecule has 4 rings (SSSR count). The number of hydrogen-bond acceptors (Lipinski definition) is 6. The summed E-state index contributed by atoms with van der Waals surface area (Å²) in [6, 6.07) is 9.42. The molecule has 3 aromatic heterocycles. The van der Waals surface area contributed by atoms with Crippen LogP contribution in [0.1, 0.15) is 11.4 Å². The van der Waals surface area contributed by atoms with Crippen molar-refractivity contribution in [2.45, 2.75) is 13.5 Å². The lowest BCUT2D eigenvalue weighted by Crippen LogP contribution is -2.21. The third kappa shape index (κ3) is 3.31. The van der Waals surface area contributed by atoms with Gasteiger partial charge in [-0.25, -0.2) is 14.4 Å². The van der Waals surface area contributed by atoms with Crippen LogP contribution in [0.25, 0.3) is 11.3 Å². The number of nitrogens with one attached hydrogen (secondary N) is 1. The summed E-state index contributed by atoms with van der Waals surface area (Å²) < 4.78 is 17.3. The van der Waals surface area contributed by atoms with Crippen molar-refractivity contribution in [3.8, 4) is 5.69 Å². The van der Waals surface area contributed by atoms with Gasteiger partial charge in [0.2, 0.25) is 5.82 Å². The van der Waals surface area contributed by atoms with E-state index in [1.807, 2.05) is 0 Å². The maximum Gasteiger partial charge on any atom is 0.376 e. The molecular formula is C19H15FN6O3. The number of rotatable bonds is 5. The molecule has 0 aliphatic heterocycles. The molecule has 0 unspecified atom stereocenters. The zero-order chi connectivity index (χ0) is 20.5. The molecule has 0 aliphatic carbocycles. The minimum Gasteiger partial charge on any atom is -0.360 e. The van der Waals surface area contributed by atoms with Crippen molar-refractivity contribution in [3.63, 3.8) is 0 Å². The zero-order valence-corrected chi connectivity index (χ0v) is 15.2. The van der Waals surface area contributed by atoms with Crippen molar-refractivity contribution in [1.82, 2.24) is 18.9 Å². The quantitative estimate of drug-likeness (QED) is 0.412. The lowest BCUT2D eigenvalue weighted by molar-refractivity contribution is -0.385. The lowest BCUT2D eigenvalue weighted by Gasteiger charge is -2.10. The number of pyridine rings is 1. The number of nitro groups is 1. The predicted molar refractivity (Wildman–Crippen MR) is 104 cm³/mol. The van der Waals surface area contributed by atoms with E-state index in [-0.39, 0.29) is 18.0 Å². The van der Waals surface area contributed by atoms with E-state index in [1.54, 1.807) is 54.2 Å². The van der Waals surface area contributed by atoms with Gasteiger partial charge in [-0.1, -0.05) is 12.1 Å². The van der Waals surface area contributed by atoms with E-state index >= 15 is 0 Å². The molecule has 0 radical (unpaired) electrons. The number of fused-ring (bicyclic) bond motifs is 1. The largest absolute Gasteiger partial charge is 0.376 e. The van der Waals surface area contributed by atoms with Gasteiger partial charge in [0.1, 0.15) is 17.3 Å². The van der Waals surface area contributed by atoms with Crippen LogP contribution in [0.15, 0.2) is 59.8 Å². The lowest BCUT2D eigenvalue weighted by atomic mass is 10.2. The van der Waals surface area contributed by atoms with Gasteiger partial charge in [-0.05, 0) is 36.8 Å². The first kappa shape index (κ1) is 18.3. The Labute approximate surface area is 163 Å². The fourth-order valence-corrected chi connectivity index (χ4v) is 3.04. The molecule has 9 nitrogen and oxygen atoms in total. The van der Waals surface area contributed by atoms with Crippen LogP contribution in [0.2, 0.25) is 0 Å². The Bertz CT molecular complexity index is 1300. The second kappa shape index (κ2) is 7.15. The van der Waals surface area contributed by atoms with E-state index in [0.29, 0.717) is 17.1 Å². The van der Waals surface area contributed by atoms with Crippen LogP contribution in [-0.4, -0.2) is 23.9 Å². The van der Waals surface area contributed by atoms with Crippen LogP contribution in [-0.2, 0) is 6.54 Å². The Hall–Kier alpha value is -4.08. The highest BCUT2D eigenvalue weighted by molar-refractivity contribution is 5.60.